The summed E-state index contributed by atoms with van der Waals surface area (Å²) in [5, 5.41) is 54.2. The summed E-state index contributed by atoms with van der Waals surface area (Å²) in [6.07, 6.45) is 9.09. The van der Waals surface area contributed by atoms with Crippen LogP contribution in [0.2, 0.25) is 0 Å². The molecule has 0 radical (unpaired) electrons. The van der Waals surface area contributed by atoms with Crippen LogP contribution >= 0.6 is 15.9 Å². The number of nitriles is 3. The van der Waals surface area contributed by atoms with E-state index in [0.717, 1.165) is 34.5 Å². The molecule has 0 spiro atoms. The van der Waals surface area contributed by atoms with Crippen molar-refractivity contribution >= 4 is 60.4 Å². The number of nitrogens with zero attached hydrogens (tertiary/aromatic N) is 17. The second-order valence-electron chi connectivity index (χ2n) is 17.7. The molecule has 3 aliphatic rings. The number of aromatic nitrogens is 12. The number of ether oxygens (including phenoxy) is 3. The average molecular weight is 1090 g/mol. The van der Waals surface area contributed by atoms with Crippen molar-refractivity contribution in [2.75, 3.05) is 49.1 Å². The number of halogens is 1. The number of nitrogens with one attached hydrogen (secondary N) is 1. The maximum atomic E-state index is 9.29. The van der Waals surface area contributed by atoms with Crippen molar-refractivity contribution in [2.24, 2.45) is 0 Å². The molecule has 25 heteroatoms. The van der Waals surface area contributed by atoms with Crippen molar-refractivity contribution in [1.29, 1.82) is 15.8 Å². The van der Waals surface area contributed by atoms with Gasteiger partial charge in [-0.3, -0.25) is 29.9 Å². The summed E-state index contributed by atoms with van der Waals surface area (Å²) in [4.78, 5) is 30.1. The molecule has 12 rings (SSSR count). The lowest BCUT2D eigenvalue weighted by molar-refractivity contribution is -0.0419. The summed E-state index contributed by atoms with van der Waals surface area (Å²) in [7, 11) is 0. The molecule has 1 N–H and O–H groups in total. The van der Waals surface area contributed by atoms with Crippen molar-refractivity contribution in [3.05, 3.63) is 130 Å². The molecule has 3 fully saturated rings. The summed E-state index contributed by atoms with van der Waals surface area (Å²) in [5.41, 5.74) is 7.38. The zero-order valence-corrected chi connectivity index (χ0v) is 43.7. The Balaban J connectivity index is 0.000000130. The van der Waals surface area contributed by atoms with Crippen LogP contribution in [0.5, 0.6) is 0 Å². The standard InChI is InChI=1S/2C17H16N6O2.C9H4BrN3.C8H13N3O2/c2*1-10-8-23(9-14(24-10)17-22-21-11(2)25-17)13-4-3-12(7-18)15-16(13)20-6-5-19-15;10-7-2-1-6(5-11)8-9(7)13-4-3-12-8;1-5-3-9-4-7(12-5)8-11-10-6(2)13-8/h2*3-6,10,14H,8-9H2,1-2H3;1-4H;5,7,9H,3-4H2,1-2H3/t2*10-,14-;;5-,7-/m11.1/s1. The van der Waals surface area contributed by atoms with Crippen LogP contribution in [-0.2, 0) is 14.2 Å². The number of aryl methyl sites for hydroxylation is 3. The molecule has 0 aliphatic carbocycles. The fourth-order valence-electron chi connectivity index (χ4n) is 8.73. The monoisotopic (exact) mass is 1090 g/mol. The topological polar surface area (TPSA) is 312 Å². The number of benzene rings is 3. The Labute approximate surface area is 443 Å². The maximum absolute atomic E-state index is 9.29. The second kappa shape index (κ2) is 23.8. The maximum Gasteiger partial charge on any atom is 0.247 e. The molecule has 9 aromatic rings. The van der Waals surface area contributed by atoms with Gasteiger partial charge in [0.15, 0.2) is 12.2 Å². The molecule has 386 valence electrons. The minimum Gasteiger partial charge on any atom is -0.423 e. The van der Waals surface area contributed by atoms with Crippen LogP contribution in [0.25, 0.3) is 33.1 Å². The summed E-state index contributed by atoms with van der Waals surface area (Å²) in [5.74, 6) is 3.11. The third kappa shape index (κ3) is 12.0. The first-order valence-electron chi connectivity index (χ1n) is 24.0. The Morgan fingerprint density at radius 1 is 0.461 bits per heavy atom. The van der Waals surface area contributed by atoms with Gasteiger partial charge in [0.05, 0.1) is 59.5 Å². The van der Waals surface area contributed by atoms with Gasteiger partial charge in [0.2, 0.25) is 35.3 Å². The van der Waals surface area contributed by atoms with Crippen molar-refractivity contribution in [3.8, 4) is 18.2 Å². The fourth-order valence-corrected chi connectivity index (χ4v) is 9.15. The van der Waals surface area contributed by atoms with E-state index in [2.05, 4.69) is 110 Å². The number of morpholine rings is 3. The van der Waals surface area contributed by atoms with Gasteiger partial charge in [-0.1, -0.05) is 0 Å². The van der Waals surface area contributed by atoms with E-state index in [1.54, 1.807) is 82.2 Å². The molecule has 0 amide bonds. The summed E-state index contributed by atoms with van der Waals surface area (Å²) in [6.45, 7) is 15.4. The molecule has 76 heavy (non-hydrogen) atoms. The van der Waals surface area contributed by atoms with E-state index < -0.39 is 0 Å². The van der Waals surface area contributed by atoms with Crippen molar-refractivity contribution in [3.63, 3.8) is 0 Å². The Morgan fingerprint density at radius 3 is 1.22 bits per heavy atom. The highest BCUT2D eigenvalue weighted by Crippen LogP contribution is 2.34. The zero-order valence-electron chi connectivity index (χ0n) is 42.1. The number of fused-ring (bicyclic) bond motifs is 3. The lowest BCUT2D eigenvalue weighted by atomic mass is 10.1. The molecular formula is C51H49BrN18O6. The van der Waals surface area contributed by atoms with Crippen molar-refractivity contribution in [1.82, 2.24) is 65.8 Å². The minimum absolute atomic E-state index is 0.0201. The first kappa shape index (κ1) is 52.4. The van der Waals surface area contributed by atoms with E-state index in [0.29, 0.717) is 106 Å². The van der Waals surface area contributed by atoms with Crippen LogP contribution in [0.1, 0.15) is 91.1 Å². The minimum atomic E-state index is -0.313. The summed E-state index contributed by atoms with van der Waals surface area (Å²) in [6, 6.07) is 17.3. The van der Waals surface area contributed by atoms with Gasteiger partial charge in [-0.25, -0.2) is 0 Å². The Morgan fingerprint density at radius 2 is 0.829 bits per heavy atom. The van der Waals surface area contributed by atoms with E-state index in [1.165, 1.54) is 0 Å². The molecule has 24 nitrogen and oxygen atoms in total. The zero-order chi connectivity index (χ0) is 53.3. The normalized spacial score (nSPS) is 20.2. The number of hydrogen-bond acceptors (Lipinski definition) is 24. The lowest BCUT2D eigenvalue weighted by Gasteiger charge is -2.37. The highest BCUT2D eigenvalue weighted by Gasteiger charge is 2.33. The number of hydrogen-bond donors (Lipinski definition) is 1. The molecule has 3 aliphatic heterocycles. The van der Waals surface area contributed by atoms with Crippen molar-refractivity contribution in [2.45, 2.75) is 78.2 Å². The van der Waals surface area contributed by atoms with Gasteiger partial charge >= 0.3 is 0 Å². The average Bonchev–Trinajstić information content (AvgIpc) is 4.22. The van der Waals surface area contributed by atoms with Crippen LogP contribution in [-0.4, -0.2) is 118 Å². The smallest absolute Gasteiger partial charge is 0.247 e. The molecule has 6 atom stereocenters. The van der Waals surface area contributed by atoms with Crippen LogP contribution in [0.15, 0.2) is 91.3 Å². The Hall–Kier alpha value is -8.51. The molecule has 6 aromatic heterocycles. The van der Waals surface area contributed by atoms with Gasteiger partial charge in [0.1, 0.15) is 57.4 Å². The molecule has 3 saturated heterocycles. The summed E-state index contributed by atoms with van der Waals surface area (Å²) >= 11 is 3.35. The van der Waals surface area contributed by atoms with Crippen LogP contribution < -0.4 is 15.1 Å². The lowest BCUT2D eigenvalue weighted by Crippen LogP contribution is -2.43. The van der Waals surface area contributed by atoms with E-state index in [-0.39, 0.29) is 36.6 Å². The number of rotatable bonds is 5. The van der Waals surface area contributed by atoms with Crippen LogP contribution in [0, 0.1) is 54.8 Å². The Bertz CT molecular complexity index is 3450. The predicted molar refractivity (Wildman–Crippen MR) is 275 cm³/mol. The first-order valence-corrected chi connectivity index (χ1v) is 24.8. The van der Waals surface area contributed by atoms with Gasteiger partial charge < -0.3 is 42.6 Å². The molecule has 0 unspecified atom stereocenters. The van der Waals surface area contributed by atoms with Gasteiger partial charge in [0, 0.05) is 88.6 Å². The first-order chi connectivity index (χ1) is 36.9. The largest absolute Gasteiger partial charge is 0.423 e. The second-order valence-corrected chi connectivity index (χ2v) is 18.6. The quantitative estimate of drug-likeness (QED) is 0.181. The SMILES string of the molecule is Cc1nnc([C@H]2CN(c3ccc(C#N)c4nccnc34)C[C@@H](C)O2)o1.Cc1nnc([C@H]2CN(c3ccc(C#N)c4nccnc34)C[C@@H](C)O2)o1.Cc1nnc([C@H]2CNC[C@@H](C)O2)o1.N#Cc1ccc(Br)c2nccnc12. The molecule has 0 bridgehead atoms. The Kier molecular flexibility index (Phi) is 16.4. The van der Waals surface area contributed by atoms with E-state index in [4.69, 9.17) is 32.7 Å². The third-order valence-electron chi connectivity index (χ3n) is 12.0. The highest BCUT2D eigenvalue weighted by atomic mass is 79.9. The molecule has 0 saturated carbocycles. The molecule has 3 aromatic carbocycles. The predicted octanol–water partition coefficient (Wildman–Crippen LogP) is 7.01. The fraction of sp³-hybridized carbons (Fsp3) is 0.353. The van der Waals surface area contributed by atoms with E-state index >= 15 is 0 Å². The summed E-state index contributed by atoms with van der Waals surface area (Å²) < 4.78 is 34.8. The van der Waals surface area contributed by atoms with Gasteiger partial charge in [-0.05, 0) is 73.1 Å². The van der Waals surface area contributed by atoms with Crippen LogP contribution in [0.4, 0.5) is 11.4 Å². The van der Waals surface area contributed by atoms with E-state index in [9.17, 15) is 10.5 Å². The third-order valence-corrected chi connectivity index (χ3v) is 12.6. The van der Waals surface area contributed by atoms with Gasteiger partial charge in [-0.15, -0.1) is 30.6 Å². The molecular weight excluding hydrogens is 1040 g/mol. The molecule has 9 heterocycles. The van der Waals surface area contributed by atoms with Gasteiger partial charge in [0.25, 0.3) is 0 Å². The van der Waals surface area contributed by atoms with Crippen LogP contribution in [0.3, 0.4) is 0 Å². The number of anilines is 2. The van der Waals surface area contributed by atoms with Gasteiger partial charge in [-0.2, -0.15) is 15.8 Å². The highest BCUT2D eigenvalue weighted by molar-refractivity contribution is 9.10. The van der Waals surface area contributed by atoms with Crippen molar-refractivity contribution < 1.29 is 27.5 Å². The van der Waals surface area contributed by atoms with E-state index in [1.807, 2.05) is 32.9 Å².